The average molecular weight is 136 g/mol. The Hall–Kier alpha value is -0.190. The molecule has 1 saturated heterocycles. The quantitative estimate of drug-likeness (QED) is 0.507. The van der Waals surface area contributed by atoms with Crippen molar-refractivity contribution in [3.8, 4) is 0 Å². The smallest absolute Gasteiger partial charge is 0.258 e. The van der Waals surface area contributed by atoms with Crippen molar-refractivity contribution in [3.63, 3.8) is 0 Å². The molecule has 1 aliphatic heterocycles. The molecule has 54 valence electrons. The predicted molar refractivity (Wildman–Crippen MR) is 27.5 cm³/mol. The normalized spacial score (nSPS) is 43.7. The van der Waals surface area contributed by atoms with Gasteiger partial charge in [0.1, 0.15) is 12.7 Å². The number of ether oxygens (including phenoxy) is 1. The molecule has 0 saturated carbocycles. The summed E-state index contributed by atoms with van der Waals surface area (Å²) in [6.45, 7) is -0.591. The van der Waals surface area contributed by atoms with Crippen molar-refractivity contribution in [1.82, 2.24) is 0 Å². The number of aliphatic hydroxyl groups excluding tert-OH is 2. The van der Waals surface area contributed by atoms with E-state index in [2.05, 4.69) is 4.74 Å². The lowest BCUT2D eigenvalue weighted by Crippen LogP contribution is -2.37. The van der Waals surface area contributed by atoms with Gasteiger partial charge < -0.3 is 14.9 Å². The van der Waals surface area contributed by atoms with Crippen LogP contribution in [0.3, 0.4) is 0 Å². The van der Waals surface area contributed by atoms with Crippen LogP contribution in [-0.2, 0) is 4.74 Å². The first-order chi connectivity index (χ1) is 4.19. The summed E-state index contributed by atoms with van der Waals surface area (Å²) in [5.41, 5.74) is 0. The highest BCUT2D eigenvalue weighted by molar-refractivity contribution is 4.82. The fourth-order valence-corrected chi connectivity index (χ4v) is 0.803. The highest BCUT2D eigenvalue weighted by Gasteiger charge is 2.43. The summed E-state index contributed by atoms with van der Waals surface area (Å²) in [5.74, 6) is -2.19. The first kappa shape index (κ1) is 6.92. The van der Waals surface area contributed by atoms with Crippen LogP contribution in [0.4, 0.5) is 4.39 Å². The minimum absolute atomic E-state index is 0.179. The molecule has 0 aromatic carbocycles. The van der Waals surface area contributed by atoms with Gasteiger partial charge in [0, 0.05) is 6.42 Å². The fourth-order valence-electron chi connectivity index (χ4n) is 0.803. The molecule has 0 amide bonds. The maximum Gasteiger partial charge on any atom is 0.258 e. The first-order valence-corrected chi connectivity index (χ1v) is 2.81. The lowest BCUT2D eigenvalue weighted by molar-refractivity contribution is -0.179. The Morgan fingerprint density at radius 3 is 2.67 bits per heavy atom. The summed E-state index contributed by atoms with van der Waals surface area (Å²) < 4.78 is 17.1. The molecule has 1 rings (SSSR count). The van der Waals surface area contributed by atoms with E-state index in [4.69, 9.17) is 10.2 Å². The molecule has 2 atom stereocenters. The Labute approximate surface area is 52.1 Å². The van der Waals surface area contributed by atoms with Crippen molar-refractivity contribution < 1.29 is 19.3 Å². The van der Waals surface area contributed by atoms with E-state index < -0.39 is 18.6 Å². The second-order valence-electron chi connectivity index (χ2n) is 2.10. The molecule has 3 nitrogen and oxygen atoms in total. The third-order valence-electron chi connectivity index (χ3n) is 1.45. The molecular weight excluding hydrogens is 127 g/mol. The lowest BCUT2D eigenvalue weighted by Gasteiger charge is -2.18. The van der Waals surface area contributed by atoms with Crippen LogP contribution in [0.1, 0.15) is 6.42 Å². The van der Waals surface area contributed by atoms with Crippen molar-refractivity contribution in [2.45, 2.75) is 18.4 Å². The molecule has 1 fully saturated rings. The highest BCUT2D eigenvalue weighted by atomic mass is 19.2. The van der Waals surface area contributed by atoms with Crippen LogP contribution in [0.2, 0.25) is 0 Å². The number of halogens is 1. The van der Waals surface area contributed by atoms with Crippen LogP contribution in [0.15, 0.2) is 0 Å². The molecular formula is C5H9FO3. The predicted octanol–water partition coefficient (Wildman–Crippen LogP) is -0.574. The van der Waals surface area contributed by atoms with Crippen LogP contribution in [0, 0.1) is 0 Å². The molecule has 0 spiro atoms. The van der Waals surface area contributed by atoms with E-state index in [1.165, 1.54) is 0 Å². The highest BCUT2D eigenvalue weighted by Crippen LogP contribution is 2.26. The van der Waals surface area contributed by atoms with Crippen molar-refractivity contribution >= 4 is 0 Å². The van der Waals surface area contributed by atoms with Gasteiger partial charge in [-0.2, -0.15) is 0 Å². The van der Waals surface area contributed by atoms with E-state index in [0.717, 1.165) is 0 Å². The topological polar surface area (TPSA) is 49.7 Å². The van der Waals surface area contributed by atoms with E-state index in [1.54, 1.807) is 0 Å². The molecule has 4 heteroatoms. The average Bonchev–Trinajstić information content (AvgIpc) is 2.15. The molecule has 2 N–H and O–H groups in total. The number of hydrogen-bond acceptors (Lipinski definition) is 3. The van der Waals surface area contributed by atoms with E-state index >= 15 is 0 Å². The Kier molecular flexibility index (Phi) is 1.70. The van der Waals surface area contributed by atoms with Gasteiger partial charge in [-0.15, -0.1) is 0 Å². The molecule has 1 heterocycles. The summed E-state index contributed by atoms with van der Waals surface area (Å²) >= 11 is 0. The summed E-state index contributed by atoms with van der Waals surface area (Å²) in [5, 5.41) is 17.1. The zero-order chi connectivity index (χ0) is 6.91. The third kappa shape index (κ3) is 1.05. The molecule has 2 unspecified atom stereocenters. The molecule has 0 aromatic heterocycles. The zero-order valence-electron chi connectivity index (χ0n) is 4.88. The zero-order valence-corrected chi connectivity index (χ0v) is 4.88. The lowest BCUT2D eigenvalue weighted by atomic mass is 10.2. The Morgan fingerprint density at radius 2 is 2.44 bits per heavy atom. The SMILES string of the molecule is OCC1(F)OCCC1O. The standard InChI is InChI=1S/C5H9FO3/c6-5(3-7)4(8)1-2-9-5/h4,7-8H,1-3H2. The molecule has 9 heavy (non-hydrogen) atoms. The fraction of sp³-hybridized carbons (Fsp3) is 1.00. The van der Waals surface area contributed by atoms with Gasteiger partial charge >= 0.3 is 0 Å². The van der Waals surface area contributed by atoms with Gasteiger partial charge in [0.2, 0.25) is 0 Å². The molecule has 0 aliphatic carbocycles. The van der Waals surface area contributed by atoms with Gasteiger partial charge in [0.05, 0.1) is 6.61 Å². The van der Waals surface area contributed by atoms with Gasteiger partial charge in [-0.3, -0.25) is 0 Å². The van der Waals surface area contributed by atoms with Gasteiger partial charge in [-0.05, 0) is 0 Å². The van der Waals surface area contributed by atoms with Crippen LogP contribution in [-0.4, -0.2) is 35.4 Å². The largest absolute Gasteiger partial charge is 0.390 e. The first-order valence-electron chi connectivity index (χ1n) is 2.81. The van der Waals surface area contributed by atoms with Gasteiger partial charge in [0.15, 0.2) is 0 Å². The number of hydrogen-bond donors (Lipinski definition) is 2. The number of aliphatic hydroxyl groups is 2. The van der Waals surface area contributed by atoms with Crippen LogP contribution >= 0.6 is 0 Å². The van der Waals surface area contributed by atoms with E-state index in [0.29, 0.717) is 0 Å². The summed E-state index contributed by atoms with van der Waals surface area (Å²) in [6, 6.07) is 0. The van der Waals surface area contributed by atoms with E-state index in [1.807, 2.05) is 0 Å². The summed E-state index contributed by atoms with van der Waals surface area (Å²) in [6.07, 6.45) is -0.903. The van der Waals surface area contributed by atoms with E-state index in [-0.39, 0.29) is 13.0 Å². The van der Waals surface area contributed by atoms with Gasteiger partial charge in [-0.25, -0.2) is 4.39 Å². The second kappa shape index (κ2) is 2.21. The Bertz CT molecular complexity index is 108. The van der Waals surface area contributed by atoms with Crippen molar-refractivity contribution in [3.05, 3.63) is 0 Å². The Morgan fingerprint density at radius 1 is 1.78 bits per heavy atom. The van der Waals surface area contributed by atoms with Crippen molar-refractivity contribution in [2.24, 2.45) is 0 Å². The van der Waals surface area contributed by atoms with Gasteiger partial charge in [-0.1, -0.05) is 0 Å². The summed E-state index contributed by atoms with van der Waals surface area (Å²) in [4.78, 5) is 0. The molecule has 0 bridgehead atoms. The van der Waals surface area contributed by atoms with Crippen LogP contribution < -0.4 is 0 Å². The second-order valence-corrected chi connectivity index (χ2v) is 2.10. The minimum Gasteiger partial charge on any atom is -0.390 e. The van der Waals surface area contributed by atoms with E-state index in [9.17, 15) is 4.39 Å². The van der Waals surface area contributed by atoms with Crippen LogP contribution in [0.5, 0.6) is 0 Å². The third-order valence-corrected chi connectivity index (χ3v) is 1.45. The maximum absolute atomic E-state index is 12.7. The number of alkyl halides is 1. The van der Waals surface area contributed by atoms with Crippen LogP contribution in [0.25, 0.3) is 0 Å². The number of rotatable bonds is 1. The molecule has 0 aromatic rings. The molecule has 1 aliphatic rings. The van der Waals surface area contributed by atoms with Crippen molar-refractivity contribution in [2.75, 3.05) is 13.2 Å². The Balaban J connectivity index is 2.56. The monoisotopic (exact) mass is 136 g/mol. The van der Waals surface area contributed by atoms with Crippen molar-refractivity contribution in [1.29, 1.82) is 0 Å². The van der Waals surface area contributed by atoms with Gasteiger partial charge in [0.25, 0.3) is 5.85 Å². The maximum atomic E-state index is 12.7. The minimum atomic E-state index is -2.19. The summed E-state index contributed by atoms with van der Waals surface area (Å²) in [7, 11) is 0. The molecule has 0 radical (unpaired) electrons.